The summed E-state index contributed by atoms with van der Waals surface area (Å²) in [4.78, 5) is 2.42. The van der Waals surface area contributed by atoms with Gasteiger partial charge >= 0.3 is 0 Å². The van der Waals surface area contributed by atoms with Crippen molar-refractivity contribution in [1.29, 1.82) is 0 Å². The minimum Gasteiger partial charge on any atom is -0.329 e. The van der Waals surface area contributed by atoms with Crippen molar-refractivity contribution in [2.75, 3.05) is 26.7 Å². The van der Waals surface area contributed by atoms with Gasteiger partial charge in [0.2, 0.25) is 0 Å². The van der Waals surface area contributed by atoms with Crippen molar-refractivity contribution in [3.05, 3.63) is 0 Å². The fraction of sp³-hybridized carbons (Fsp3) is 1.00. The van der Waals surface area contributed by atoms with Gasteiger partial charge in [-0.1, -0.05) is 13.8 Å². The highest BCUT2D eigenvalue weighted by Crippen LogP contribution is 2.10. The molecule has 0 aromatic heterocycles. The lowest BCUT2D eigenvalue weighted by molar-refractivity contribution is 0.151. The van der Waals surface area contributed by atoms with Crippen LogP contribution in [0.5, 0.6) is 0 Å². The summed E-state index contributed by atoms with van der Waals surface area (Å²) in [5, 5.41) is 3.39. The number of nitrogens with zero attached hydrogens (tertiary/aromatic N) is 1. The molecular formula is C11H27N3. The molecule has 0 amide bonds. The predicted octanol–water partition coefficient (Wildman–Crippen LogP) is 0.900. The molecule has 0 rings (SSSR count). The summed E-state index contributed by atoms with van der Waals surface area (Å²) in [6, 6.07) is 1.20. The molecule has 0 aliphatic carbocycles. The normalized spacial score (nSPS) is 14.4. The summed E-state index contributed by atoms with van der Waals surface area (Å²) < 4.78 is 0. The molecule has 0 saturated carbocycles. The molecule has 0 radical (unpaired) electrons. The van der Waals surface area contributed by atoms with E-state index in [0.717, 1.165) is 19.6 Å². The number of nitrogens with one attached hydrogen (secondary N) is 1. The number of hydrogen-bond acceptors (Lipinski definition) is 3. The van der Waals surface area contributed by atoms with Gasteiger partial charge in [0.25, 0.3) is 0 Å². The summed E-state index contributed by atoms with van der Waals surface area (Å²) >= 11 is 0. The van der Waals surface area contributed by atoms with E-state index in [9.17, 15) is 0 Å². The fourth-order valence-corrected chi connectivity index (χ4v) is 1.58. The molecule has 0 aliphatic heterocycles. The smallest absolute Gasteiger partial charge is 0.0243 e. The molecule has 3 heteroatoms. The first-order valence-electron chi connectivity index (χ1n) is 5.63. The average molecular weight is 201 g/mol. The lowest BCUT2D eigenvalue weighted by atomic mass is 10.0. The maximum Gasteiger partial charge on any atom is 0.0243 e. The van der Waals surface area contributed by atoms with Gasteiger partial charge in [0, 0.05) is 31.7 Å². The van der Waals surface area contributed by atoms with Gasteiger partial charge in [-0.25, -0.2) is 0 Å². The van der Waals surface area contributed by atoms with Gasteiger partial charge < -0.3 is 11.1 Å². The van der Waals surface area contributed by atoms with Crippen LogP contribution < -0.4 is 11.1 Å². The maximum absolute atomic E-state index is 5.45. The molecule has 0 heterocycles. The van der Waals surface area contributed by atoms with Gasteiger partial charge in [0.05, 0.1) is 0 Å². The zero-order chi connectivity index (χ0) is 11.1. The van der Waals surface area contributed by atoms with Crippen LogP contribution in [0.4, 0.5) is 0 Å². The quantitative estimate of drug-likeness (QED) is 0.601. The Hall–Kier alpha value is -0.120. The molecule has 0 fully saturated rings. The second-order valence-corrected chi connectivity index (χ2v) is 4.56. The van der Waals surface area contributed by atoms with Crippen LogP contribution in [-0.2, 0) is 0 Å². The van der Waals surface area contributed by atoms with Crippen molar-refractivity contribution < 1.29 is 0 Å². The Kier molecular flexibility index (Phi) is 7.15. The van der Waals surface area contributed by atoms with Gasteiger partial charge in [-0.05, 0) is 26.8 Å². The van der Waals surface area contributed by atoms with Crippen LogP contribution in [0, 0.1) is 5.92 Å². The number of likely N-dealkylation sites (N-methyl/N-ethyl adjacent to an activating group) is 1. The van der Waals surface area contributed by atoms with Crippen molar-refractivity contribution in [2.45, 2.75) is 39.8 Å². The van der Waals surface area contributed by atoms with E-state index in [1.807, 2.05) is 0 Å². The number of rotatable bonds is 7. The molecule has 0 aromatic rings. The SMILES string of the molecule is CC(C)C(CNCCN)N(C)C(C)C. The molecule has 0 aromatic carbocycles. The highest BCUT2D eigenvalue weighted by Gasteiger charge is 2.19. The van der Waals surface area contributed by atoms with Crippen LogP contribution in [-0.4, -0.2) is 43.7 Å². The van der Waals surface area contributed by atoms with Gasteiger partial charge in [0.15, 0.2) is 0 Å². The number of nitrogens with two attached hydrogens (primary N) is 1. The molecule has 0 spiro atoms. The highest BCUT2D eigenvalue weighted by molar-refractivity contribution is 4.76. The molecule has 1 atom stereocenters. The maximum atomic E-state index is 5.45. The summed E-state index contributed by atoms with van der Waals surface area (Å²) in [5.74, 6) is 0.674. The third kappa shape index (κ3) is 4.94. The molecule has 0 bridgehead atoms. The fourth-order valence-electron chi connectivity index (χ4n) is 1.58. The summed E-state index contributed by atoms with van der Waals surface area (Å²) in [6.45, 7) is 11.7. The number of hydrogen-bond donors (Lipinski definition) is 2. The van der Waals surface area contributed by atoms with Crippen LogP contribution in [0.3, 0.4) is 0 Å². The van der Waals surface area contributed by atoms with Crippen LogP contribution in [0.1, 0.15) is 27.7 Å². The first-order chi connectivity index (χ1) is 6.50. The van der Waals surface area contributed by atoms with E-state index >= 15 is 0 Å². The third-order valence-corrected chi connectivity index (χ3v) is 2.78. The van der Waals surface area contributed by atoms with E-state index in [0.29, 0.717) is 18.0 Å². The standard InChI is InChI=1S/C11H27N3/c1-9(2)11(8-13-7-6-12)14(5)10(3)4/h9-11,13H,6-8,12H2,1-5H3. The second kappa shape index (κ2) is 7.21. The zero-order valence-electron chi connectivity index (χ0n) is 10.4. The zero-order valence-corrected chi connectivity index (χ0v) is 10.4. The molecule has 1 unspecified atom stereocenters. The van der Waals surface area contributed by atoms with E-state index in [1.165, 1.54) is 0 Å². The van der Waals surface area contributed by atoms with Crippen molar-refractivity contribution in [2.24, 2.45) is 11.7 Å². The molecule has 0 aliphatic rings. The topological polar surface area (TPSA) is 41.3 Å². The van der Waals surface area contributed by atoms with Gasteiger partial charge in [-0.3, -0.25) is 4.90 Å². The van der Waals surface area contributed by atoms with Gasteiger partial charge in [0.1, 0.15) is 0 Å². The Morgan fingerprint density at radius 3 is 2.14 bits per heavy atom. The Labute approximate surface area is 89.0 Å². The molecule has 3 N–H and O–H groups in total. The van der Waals surface area contributed by atoms with E-state index in [-0.39, 0.29) is 0 Å². The van der Waals surface area contributed by atoms with E-state index in [4.69, 9.17) is 5.73 Å². The Morgan fingerprint density at radius 2 is 1.79 bits per heavy atom. The monoisotopic (exact) mass is 201 g/mol. The first-order valence-corrected chi connectivity index (χ1v) is 5.63. The molecule has 0 saturated heterocycles. The lowest BCUT2D eigenvalue weighted by Gasteiger charge is -2.34. The molecule has 86 valence electrons. The second-order valence-electron chi connectivity index (χ2n) is 4.56. The highest BCUT2D eigenvalue weighted by atomic mass is 15.2. The van der Waals surface area contributed by atoms with Crippen molar-refractivity contribution in [1.82, 2.24) is 10.2 Å². The Bertz CT molecular complexity index is 134. The van der Waals surface area contributed by atoms with Gasteiger partial charge in [-0.2, -0.15) is 0 Å². The average Bonchev–Trinajstić information content (AvgIpc) is 2.10. The summed E-state index contributed by atoms with van der Waals surface area (Å²) in [7, 11) is 2.19. The van der Waals surface area contributed by atoms with Crippen molar-refractivity contribution >= 4 is 0 Å². The van der Waals surface area contributed by atoms with Crippen LogP contribution in [0.15, 0.2) is 0 Å². The van der Waals surface area contributed by atoms with Crippen molar-refractivity contribution in [3.63, 3.8) is 0 Å². The molecular weight excluding hydrogens is 174 g/mol. The minimum atomic E-state index is 0.599. The van der Waals surface area contributed by atoms with Crippen molar-refractivity contribution in [3.8, 4) is 0 Å². The molecule has 3 nitrogen and oxygen atoms in total. The predicted molar refractivity (Wildman–Crippen MR) is 63.4 cm³/mol. The third-order valence-electron chi connectivity index (χ3n) is 2.78. The Morgan fingerprint density at radius 1 is 1.21 bits per heavy atom. The van der Waals surface area contributed by atoms with Gasteiger partial charge in [-0.15, -0.1) is 0 Å². The first kappa shape index (κ1) is 13.9. The summed E-state index contributed by atoms with van der Waals surface area (Å²) in [6.07, 6.45) is 0. The molecule has 14 heavy (non-hydrogen) atoms. The summed E-state index contributed by atoms with van der Waals surface area (Å²) in [5.41, 5.74) is 5.45. The van der Waals surface area contributed by atoms with E-state index in [1.54, 1.807) is 0 Å². The van der Waals surface area contributed by atoms with Crippen LogP contribution in [0.25, 0.3) is 0 Å². The minimum absolute atomic E-state index is 0.599. The van der Waals surface area contributed by atoms with Crippen LogP contribution in [0.2, 0.25) is 0 Å². The van der Waals surface area contributed by atoms with Crippen LogP contribution >= 0.6 is 0 Å². The lowest BCUT2D eigenvalue weighted by Crippen LogP contribution is -2.47. The van der Waals surface area contributed by atoms with E-state index < -0.39 is 0 Å². The van der Waals surface area contributed by atoms with E-state index in [2.05, 4.69) is 45.0 Å². The Balaban J connectivity index is 4.01. The largest absolute Gasteiger partial charge is 0.329 e.